The number of likely N-dealkylation sites (tertiary alicyclic amines) is 1. The van der Waals surface area contributed by atoms with Crippen LogP contribution in [0.4, 0.5) is 4.39 Å². The summed E-state index contributed by atoms with van der Waals surface area (Å²) in [5.74, 6) is -0.955. The molecule has 0 atom stereocenters. The predicted octanol–water partition coefficient (Wildman–Crippen LogP) is 3.29. The van der Waals surface area contributed by atoms with Gasteiger partial charge in [0.25, 0.3) is 11.1 Å². The van der Waals surface area contributed by atoms with Gasteiger partial charge in [-0.25, -0.2) is 4.39 Å². The summed E-state index contributed by atoms with van der Waals surface area (Å²) in [7, 11) is 0. The van der Waals surface area contributed by atoms with Gasteiger partial charge in [0.15, 0.2) is 0 Å². The maximum absolute atomic E-state index is 13.7. The molecular weight excluding hydrogens is 407 g/mol. The van der Waals surface area contributed by atoms with Crippen LogP contribution in [0.25, 0.3) is 0 Å². The first-order valence-electron chi connectivity index (χ1n) is 9.00. The highest BCUT2D eigenvalue weighted by Crippen LogP contribution is 2.20. The van der Waals surface area contributed by atoms with Crippen LogP contribution >= 0.6 is 23.4 Å². The van der Waals surface area contributed by atoms with Gasteiger partial charge in [0, 0.05) is 13.1 Å². The number of halogens is 2. The van der Waals surface area contributed by atoms with E-state index in [1.54, 1.807) is 0 Å². The topological polar surface area (TPSA) is 88.3 Å². The monoisotopic (exact) mass is 426 g/mol. The fourth-order valence-corrected chi connectivity index (χ4v) is 3.79. The average molecular weight is 427 g/mol. The van der Waals surface area contributed by atoms with E-state index in [1.807, 2.05) is 4.90 Å². The van der Waals surface area contributed by atoms with Gasteiger partial charge < -0.3 is 14.6 Å². The molecule has 0 bridgehead atoms. The molecule has 2 aromatic rings. The molecule has 1 aliphatic heterocycles. The van der Waals surface area contributed by atoms with Crippen LogP contribution in [-0.2, 0) is 11.3 Å². The summed E-state index contributed by atoms with van der Waals surface area (Å²) in [6.45, 7) is 1.51. The molecule has 7 nitrogen and oxygen atoms in total. The fraction of sp³-hybridized carbons (Fsp3) is 0.444. The highest BCUT2D eigenvalue weighted by Gasteiger charge is 2.19. The van der Waals surface area contributed by atoms with E-state index in [1.165, 1.54) is 12.1 Å². The smallest absolute Gasteiger partial charge is 0.277 e. The van der Waals surface area contributed by atoms with Crippen LogP contribution in [0.3, 0.4) is 0 Å². The molecule has 1 aromatic carbocycles. The second-order valence-electron chi connectivity index (χ2n) is 6.32. The molecule has 0 spiro atoms. The molecule has 0 aliphatic carbocycles. The molecule has 1 aliphatic rings. The number of thioether (sulfide) groups is 1. The molecule has 28 heavy (non-hydrogen) atoms. The van der Waals surface area contributed by atoms with Crippen LogP contribution in [0.1, 0.15) is 41.9 Å². The number of nitrogens with zero attached hydrogens (tertiary/aromatic N) is 3. The first kappa shape index (κ1) is 20.6. The van der Waals surface area contributed by atoms with Crippen molar-refractivity contribution in [3.63, 3.8) is 0 Å². The van der Waals surface area contributed by atoms with Crippen LogP contribution in [0.15, 0.2) is 27.8 Å². The lowest BCUT2D eigenvalue weighted by Crippen LogP contribution is -2.33. The summed E-state index contributed by atoms with van der Waals surface area (Å²) < 4.78 is 19.2. The van der Waals surface area contributed by atoms with Crippen LogP contribution in [0.2, 0.25) is 5.02 Å². The average Bonchev–Trinajstić information content (AvgIpc) is 2.95. The van der Waals surface area contributed by atoms with Crippen molar-refractivity contribution in [1.82, 2.24) is 20.4 Å². The second-order valence-corrected chi connectivity index (χ2v) is 7.66. The van der Waals surface area contributed by atoms with E-state index in [4.69, 9.17) is 16.0 Å². The van der Waals surface area contributed by atoms with Crippen molar-refractivity contribution in [2.24, 2.45) is 0 Å². The van der Waals surface area contributed by atoms with Gasteiger partial charge in [-0.05, 0) is 25.0 Å². The highest BCUT2D eigenvalue weighted by atomic mass is 35.5. The van der Waals surface area contributed by atoms with E-state index in [2.05, 4.69) is 15.5 Å². The highest BCUT2D eigenvalue weighted by molar-refractivity contribution is 7.99. The van der Waals surface area contributed by atoms with Crippen LogP contribution in [0.5, 0.6) is 0 Å². The van der Waals surface area contributed by atoms with Gasteiger partial charge in [0.1, 0.15) is 5.82 Å². The zero-order valence-corrected chi connectivity index (χ0v) is 16.7. The van der Waals surface area contributed by atoms with Crippen LogP contribution < -0.4 is 5.32 Å². The van der Waals surface area contributed by atoms with Crippen molar-refractivity contribution in [3.8, 4) is 0 Å². The van der Waals surface area contributed by atoms with Gasteiger partial charge in [0.05, 0.1) is 22.9 Å². The van der Waals surface area contributed by atoms with Gasteiger partial charge in [-0.15, -0.1) is 10.2 Å². The van der Waals surface area contributed by atoms with Crippen molar-refractivity contribution >= 4 is 35.2 Å². The Kier molecular flexibility index (Phi) is 7.27. The number of carbonyl (C=O) groups is 2. The number of nitrogens with one attached hydrogen (secondary N) is 1. The molecular formula is C18H20ClFN4O3S. The number of rotatable bonds is 6. The third kappa shape index (κ3) is 5.45. The standard InChI is InChI=1S/C18H20ClFN4O3S/c19-12-6-5-7-13(20)16(12)17(26)21-10-14-22-23-18(27-14)28-11-15(25)24-8-3-1-2-4-9-24/h5-7H,1-4,8-11H2,(H,21,26). The van der Waals surface area contributed by atoms with Gasteiger partial charge in [-0.1, -0.05) is 42.3 Å². The SMILES string of the molecule is O=C(NCc1nnc(SCC(=O)N2CCCCCC2)o1)c1c(F)cccc1Cl. The van der Waals surface area contributed by atoms with Gasteiger partial charge in [-0.3, -0.25) is 9.59 Å². The van der Waals surface area contributed by atoms with Gasteiger partial charge >= 0.3 is 0 Å². The molecule has 0 saturated carbocycles. The minimum Gasteiger partial charge on any atom is -0.414 e. The molecule has 10 heteroatoms. The Morgan fingerprint density at radius 1 is 1.21 bits per heavy atom. The van der Waals surface area contributed by atoms with Crippen molar-refractivity contribution in [3.05, 3.63) is 40.5 Å². The Bertz CT molecular complexity index is 820. The Morgan fingerprint density at radius 2 is 1.96 bits per heavy atom. The maximum Gasteiger partial charge on any atom is 0.277 e. The summed E-state index contributed by atoms with van der Waals surface area (Å²) in [6.07, 6.45) is 4.39. The molecule has 1 saturated heterocycles. The minimum absolute atomic E-state index is 0.0197. The predicted molar refractivity (Wildman–Crippen MR) is 103 cm³/mol. The zero-order chi connectivity index (χ0) is 19.9. The fourth-order valence-electron chi connectivity index (χ4n) is 2.86. The molecule has 0 radical (unpaired) electrons. The van der Waals surface area contributed by atoms with E-state index in [-0.39, 0.29) is 39.9 Å². The van der Waals surface area contributed by atoms with Gasteiger partial charge in [0.2, 0.25) is 11.8 Å². The number of hydrogen-bond donors (Lipinski definition) is 1. The first-order chi connectivity index (χ1) is 13.5. The summed E-state index contributed by atoms with van der Waals surface area (Å²) in [5.41, 5.74) is -0.235. The summed E-state index contributed by atoms with van der Waals surface area (Å²) in [6, 6.07) is 4.01. The Balaban J connectivity index is 1.49. The molecule has 1 N–H and O–H groups in total. The lowest BCUT2D eigenvalue weighted by Gasteiger charge is -2.19. The number of hydrogen-bond acceptors (Lipinski definition) is 6. The lowest BCUT2D eigenvalue weighted by molar-refractivity contribution is -0.128. The number of aromatic nitrogens is 2. The third-order valence-corrected chi connectivity index (χ3v) is 5.43. The summed E-state index contributed by atoms with van der Waals surface area (Å²) in [5, 5.41) is 10.4. The largest absolute Gasteiger partial charge is 0.414 e. The van der Waals surface area contributed by atoms with E-state index in [0.29, 0.717) is 0 Å². The maximum atomic E-state index is 13.7. The quantitative estimate of drug-likeness (QED) is 0.713. The molecule has 2 heterocycles. The zero-order valence-electron chi connectivity index (χ0n) is 15.1. The van der Waals surface area contributed by atoms with Crippen molar-refractivity contribution in [2.75, 3.05) is 18.8 Å². The van der Waals surface area contributed by atoms with Crippen molar-refractivity contribution < 1.29 is 18.4 Å². The van der Waals surface area contributed by atoms with Gasteiger partial charge in [-0.2, -0.15) is 0 Å². The summed E-state index contributed by atoms with van der Waals surface area (Å²) >= 11 is 7.02. The van der Waals surface area contributed by atoms with Crippen LogP contribution in [-0.4, -0.2) is 45.8 Å². The van der Waals surface area contributed by atoms with Crippen molar-refractivity contribution in [1.29, 1.82) is 0 Å². The second kappa shape index (κ2) is 9.88. The molecule has 1 aromatic heterocycles. The van der Waals surface area contributed by atoms with Crippen LogP contribution in [0, 0.1) is 5.82 Å². The number of carbonyl (C=O) groups excluding carboxylic acids is 2. The van der Waals surface area contributed by atoms with E-state index in [0.717, 1.165) is 56.6 Å². The van der Waals surface area contributed by atoms with E-state index < -0.39 is 11.7 Å². The lowest BCUT2D eigenvalue weighted by atomic mass is 10.2. The molecule has 2 amide bonds. The molecule has 3 rings (SSSR count). The Hall–Kier alpha value is -2.13. The number of amides is 2. The minimum atomic E-state index is -0.709. The Labute approximate surface area is 171 Å². The molecule has 150 valence electrons. The Morgan fingerprint density at radius 3 is 2.68 bits per heavy atom. The first-order valence-corrected chi connectivity index (χ1v) is 10.4. The molecule has 1 fully saturated rings. The number of benzene rings is 1. The van der Waals surface area contributed by atoms with E-state index in [9.17, 15) is 14.0 Å². The third-order valence-electron chi connectivity index (χ3n) is 4.32. The summed E-state index contributed by atoms with van der Waals surface area (Å²) in [4.78, 5) is 26.3. The van der Waals surface area contributed by atoms with Crippen molar-refractivity contribution in [2.45, 2.75) is 37.5 Å². The molecule has 0 unspecified atom stereocenters. The van der Waals surface area contributed by atoms with E-state index >= 15 is 0 Å². The normalized spacial score (nSPS) is 14.6.